The molecule has 5 nitrogen and oxygen atoms in total. The van der Waals surface area contributed by atoms with Crippen molar-refractivity contribution in [2.45, 2.75) is 18.8 Å². The van der Waals surface area contributed by atoms with E-state index in [2.05, 4.69) is 88.2 Å². The molecule has 34 heavy (non-hydrogen) atoms. The van der Waals surface area contributed by atoms with Crippen LogP contribution in [0.3, 0.4) is 0 Å². The molecule has 1 heterocycles. The molecule has 2 N–H and O–H groups in total. The van der Waals surface area contributed by atoms with Crippen molar-refractivity contribution in [3.63, 3.8) is 0 Å². The van der Waals surface area contributed by atoms with Crippen molar-refractivity contribution in [2.24, 2.45) is 0 Å². The van der Waals surface area contributed by atoms with Gasteiger partial charge in [0.1, 0.15) is 0 Å². The molecule has 0 radical (unpaired) electrons. The fourth-order valence-electron chi connectivity index (χ4n) is 3.85. The van der Waals surface area contributed by atoms with Crippen molar-refractivity contribution in [1.82, 2.24) is 20.5 Å². The predicted molar refractivity (Wildman–Crippen MR) is 141 cm³/mol. The van der Waals surface area contributed by atoms with Gasteiger partial charge in [-0.25, -0.2) is 0 Å². The van der Waals surface area contributed by atoms with Gasteiger partial charge < -0.3 is 15.5 Å². The Morgan fingerprint density at radius 2 is 1.62 bits per heavy atom. The van der Waals surface area contributed by atoms with Crippen molar-refractivity contribution in [1.29, 1.82) is 0 Å². The van der Waals surface area contributed by atoms with Gasteiger partial charge in [0.2, 0.25) is 5.91 Å². The summed E-state index contributed by atoms with van der Waals surface area (Å²) in [5, 5.41) is 6.59. The van der Waals surface area contributed by atoms with Crippen molar-refractivity contribution >= 4 is 12.0 Å². The van der Waals surface area contributed by atoms with E-state index in [1.54, 1.807) is 24.5 Å². The SMILES string of the molecule is CN(CCCCNC(=O)/C=C/c1cccnc1)CCNCC(c1ccccc1)c1ccccc1. The third-order valence-corrected chi connectivity index (χ3v) is 5.80. The first-order valence-electron chi connectivity index (χ1n) is 12.1. The number of likely N-dealkylation sites (N-methyl/N-ethyl adjacent to an activating group) is 1. The van der Waals surface area contributed by atoms with Crippen LogP contribution in [0.1, 0.15) is 35.4 Å². The largest absolute Gasteiger partial charge is 0.353 e. The second kappa shape index (κ2) is 14.8. The Labute approximate surface area is 203 Å². The minimum absolute atomic E-state index is 0.0622. The van der Waals surface area contributed by atoms with Gasteiger partial charge in [-0.3, -0.25) is 9.78 Å². The molecule has 0 aliphatic rings. The number of carbonyl (C=O) groups excluding carboxylic acids is 1. The van der Waals surface area contributed by atoms with Gasteiger partial charge >= 0.3 is 0 Å². The van der Waals surface area contributed by atoms with Crippen LogP contribution in [-0.2, 0) is 4.79 Å². The van der Waals surface area contributed by atoms with Crippen LogP contribution in [0.4, 0.5) is 0 Å². The van der Waals surface area contributed by atoms with Crippen molar-refractivity contribution < 1.29 is 4.79 Å². The highest BCUT2D eigenvalue weighted by Gasteiger charge is 2.13. The monoisotopic (exact) mass is 456 g/mol. The van der Waals surface area contributed by atoms with E-state index in [4.69, 9.17) is 0 Å². The second-order valence-corrected chi connectivity index (χ2v) is 8.50. The van der Waals surface area contributed by atoms with E-state index in [0.717, 1.165) is 44.6 Å². The molecule has 2 aromatic carbocycles. The average molecular weight is 457 g/mol. The standard InChI is InChI=1S/C29H36N4O/c1-33(21-9-8-19-32-29(34)17-16-25-11-10-18-30-23-25)22-20-31-24-28(26-12-4-2-5-13-26)27-14-6-3-7-15-27/h2-7,10-18,23,28,31H,8-9,19-22,24H2,1H3,(H,32,34)/b17-16+. The topological polar surface area (TPSA) is 57.3 Å². The van der Waals surface area contributed by atoms with Crippen LogP contribution < -0.4 is 10.6 Å². The van der Waals surface area contributed by atoms with Gasteiger partial charge in [0.15, 0.2) is 0 Å². The summed E-state index contributed by atoms with van der Waals surface area (Å²) in [6.45, 7) is 4.57. The Morgan fingerprint density at radius 3 is 2.26 bits per heavy atom. The summed E-state index contributed by atoms with van der Waals surface area (Å²) in [5.41, 5.74) is 3.60. The van der Waals surface area contributed by atoms with E-state index in [9.17, 15) is 4.79 Å². The van der Waals surface area contributed by atoms with Crippen molar-refractivity contribution in [2.75, 3.05) is 39.8 Å². The van der Waals surface area contributed by atoms with Crippen molar-refractivity contribution in [3.05, 3.63) is 108 Å². The average Bonchev–Trinajstić information content (AvgIpc) is 2.89. The van der Waals surface area contributed by atoms with Gasteiger partial charge in [-0.05, 0) is 55.3 Å². The fourth-order valence-corrected chi connectivity index (χ4v) is 3.85. The van der Waals surface area contributed by atoms with Gasteiger partial charge in [-0.15, -0.1) is 0 Å². The maximum Gasteiger partial charge on any atom is 0.243 e. The van der Waals surface area contributed by atoms with E-state index < -0.39 is 0 Å². The summed E-state index contributed by atoms with van der Waals surface area (Å²) in [6.07, 6.45) is 8.82. The predicted octanol–water partition coefficient (Wildman–Crippen LogP) is 4.34. The third kappa shape index (κ3) is 9.30. The van der Waals surface area contributed by atoms with E-state index in [0.29, 0.717) is 12.5 Å². The van der Waals surface area contributed by atoms with Crippen LogP contribution in [0, 0.1) is 0 Å². The highest BCUT2D eigenvalue weighted by atomic mass is 16.1. The van der Waals surface area contributed by atoms with Crippen LogP contribution in [0.25, 0.3) is 6.08 Å². The molecule has 1 amide bonds. The zero-order valence-corrected chi connectivity index (χ0v) is 20.1. The number of carbonyl (C=O) groups is 1. The van der Waals surface area contributed by atoms with Gasteiger partial charge in [0.05, 0.1) is 0 Å². The van der Waals surface area contributed by atoms with E-state index in [1.165, 1.54) is 11.1 Å². The maximum atomic E-state index is 11.9. The van der Waals surface area contributed by atoms with E-state index >= 15 is 0 Å². The Morgan fingerprint density at radius 1 is 0.912 bits per heavy atom. The first kappa shape index (κ1) is 25.3. The van der Waals surface area contributed by atoms with Crippen LogP contribution >= 0.6 is 0 Å². The summed E-state index contributed by atoms with van der Waals surface area (Å²) in [4.78, 5) is 18.3. The highest BCUT2D eigenvalue weighted by Crippen LogP contribution is 2.23. The molecule has 0 spiro atoms. The normalized spacial score (nSPS) is 11.4. The number of nitrogens with one attached hydrogen (secondary N) is 2. The molecular formula is C29H36N4O. The van der Waals surface area contributed by atoms with Gasteiger partial charge in [-0.1, -0.05) is 66.7 Å². The molecular weight excluding hydrogens is 420 g/mol. The third-order valence-electron chi connectivity index (χ3n) is 5.80. The minimum atomic E-state index is -0.0622. The smallest absolute Gasteiger partial charge is 0.243 e. The number of pyridine rings is 1. The minimum Gasteiger partial charge on any atom is -0.353 e. The fraction of sp³-hybridized carbons (Fsp3) is 0.310. The van der Waals surface area contributed by atoms with Crippen molar-refractivity contribution in [3.8, 4) is 0 Å². The Kier molecular flexibility index (Phi) is 11.0. The molecule has 0 fully saturated rings. The van der Waals surface area contributed by atoms with E-state index in [-0.39, 0.29) is 5.91 Å². The number of hydrogen-bond acceptors (Lipinski definition) is 4. The maximum absolute atomic E-state index is 11.9. The first-order chi connectivity index (χ1) is 16.7. The number of aromatic nitrogens is 1. The number of hydrogen-bond donors (Lipinski definition) is 2. The molecule has 5 heteroatoms. The zero-order valence-electron chi connectivity index (χ0n) is 20.1. The molecule has 0 unspecified atom stereocenters. The molecule has 1 aromatic heterocycles. The molecule has 3 aromatic rings. The van der Waals surface area contributed by atoms with E-state index in [1.807, 2.05) is 12.1 Å². The lowest BCUT2D eigenvalue weighted by molar-refractivity contribution is -0.116. The summed E-state index contributed by atoms with van der Waals surface area (Å²) < 4.78 is 0. The van der Waals surface area contributed by atoms with Crippen LogP contribution in [-0.4, -0.2) is 55.6 Å². The lowest BCUT2D eigenvalue weighted by atomic mass is 9.91. The lowest BCUT2D eigenvalue weighted by Gasteiger charge is -2.21. The Bertz CT molecular complexity index is 937. The quantitative estimate of drug-likeness (QED) is 0.280. The molecule has 178 valence electrons. The molecule has 0 aliphatic heterocycles. The number of benzene rings is 2. The molecule has 0 aliphatic carbocycles. The summed E-state index contributed by atoms with van der Waals surface area (Å²) in [5.74, 6) is 0.288. The first-order valence-corrected chi connectivity index (χ1v) is 12.1. The van der Waals surface area contributed by atoms with Gasteiger partial charge in [0, 0.05) is 50.6 Å². The molecule has 0 saturated heterocycles. The van der Waals surface area contributed by atoms with Crippen LogP contribution in [0.15, 0.2) is 91.3 Å². The van der Waals surface area contributed by atoms with Crippen LogP contribution in [0.2, 0.25) is 0 Å². The molecule has 3 rings (SSSR count). The Hall–Kier alpha value is -3.28. The van der Waals surface area contributed by atoms with Gasteiger partial charge in [0.25, 0.3) is 0 Å². The number of nitrogens with zero attached hydrogens (tertiary/aromatic N) is 2. The Balaban J connectivity index is 1.29. The molecule has 0 bridgehead atoms. The number of amides is 1. The number of rotatable bonds is 14. The summed E-state index contributed by atoms with van der Waals surface area (Å²) in [7, 11) is 2.16. The van der Waals surface area contributed by atoms with Crippen LogP contribution in [0.5, 0.6) is 0 Å². The molecule has 0 saturated carbocycles. The van der Waals surface area contributed by atoms with Gasteiger partial charge in [-0.2, -0.15) is 0 Å². The number of unbranched alkanes of at least 4 members (excludes halogenated alkanes) is 1. The zero-order chi connectivity index (χ0) is 23.8. The summed E-state index contributed by atoms with van der Waals surface area (Å²) in [6, 6.07) is 25.2. The lowest BCUT2D eigenvalue weighted by Crippen LogP contribution is -2.32. The molecule has 0 atom stereocenters. The highest BCUT2D eigenvalue weighted by molar-refractivity contribution is 5.91. The summed E-state index contributed by atoms with van der Waals surface area (Å²) >= 11 is 0. The second-order valence-electron chi connectivity index (χ2n) is 8.50.